The molecule has 5 nitrogen and oxygen atoms in total. The van der Waals surface area contributed by atoms with E-state index in [0.29, 0.717) is 18.0 Å². The predicted octanol–water partition coefficient (Wildman–Crippen LogP) is 2.61. The van der Waals surface area contributed by atoms with Crippen LogP contribution in [0.15, 0.2) is 36.9 Å². The number of rotatable bonds is 7. The number of allylic oxidation sites excluding steroid dienone is 1. The lowest BCUT2D eigenvalue weighted by atomic mass is 10.1. The Morgan fingerprint density at radius 1 is 1.38 bits per heavy atom. The van der Waals surface area contributed by atoms with E-state index in [4.69, 9.17) is 9.84 Å². The van der Waals surface area contributed by atoms with Crippen molar-refractivity contribution in [2.45, 2.75) is 31.8 Å². The van der Waals surface area contributed by atoms with Crippen LogP contribution in [0.2, 0.25) is 0 Å². The summed E-state index contributed by atoms with van der Waals surface area (Å²) in [6.07, 6.45) is 3.26. The fourth-order valence-corrected chi connectivity index (χ4v) is 2.35. The zero-order valence-electron chi connectivity index (χ0n) is 11.8. The van der Waals surface area contributed by atoms with E-state index < -0.39 is 12.1 Å². The highest BCUT2D eigenvalue weighted by Crippen LogP contribution is 2.34. The Morgan fingerprint density at radius 3 is 2.86 bits per heavy atom. The van der Waals surface area contributed by atoms with Gasteiger partial charge in [-0.05, 0) is 31.4 Å². The van der Waals surface area contributed by atoms with Gasteiger partial charge in [-0.25, -0.2) is 0 Å². The van der Waals surface area contributed by atoms with Crippen LogP contribution >= 0.6 is 0 Å². The molecule has 1 heterocycles. The number of anilines is 1. The Balaban J connectivity index is 2.16. The minimum atomic E-state index is -1.04. The van der Waals surface area contributed by atoms with Crippen LogP contribution < -0.4 is 9.64 Å². The molecule has 0 aromatic heterocycles. The van der Waals surface area contributed by atoms with Crippen molar-refractivity contribution in [3.05, 3.63) is 36.9 Å². The van der Waals surface area contributed by atoms with E-state index in [2.05, 4.69) is 6.58 Å². The van der Waals surface area contributed by atoms with Crippen LogP contribution in [0, 0.1) is 0 Å². The van der Waals surface area contributed by atoms with E-state index in [1.807, 2.05) is 24.3 Å². The molecule has 0 bridgehead atoms. The first-order chi connectivity index (χ1) is 10.1. The molecule has 1 aliphatic heterocycles. The third kappa shape index (κ3) is 3.62. The summed E-state index contributed by atoms with van der Waals surface area (Å²) in [6.45, 7) is 4.23. The number of amides is 1. The summed E-state index contributed by atoms with van der Waals surface area (Å²) in [5, 5.41) is 8.90. The van der Waals surface area contributed by atoms with E-state index >= 15 is 0 Å². The van der Waals surface area contributed by atoms with Gasteiger partial charge < -0.3 is 14.7 Å². The van der Waals surface area contributed by atoms with Gasteiger partial charge in [-0.1, -0.05) is 18.2 Å². The molecule has 0 saturated carbocycles. The second kappa shape index (κ2) is 6.92. The van der Waals surface area contributed by atoms with E-state index in [-0.39, 0.29) is 12.3 Å². The maximum Gasteiger partial charge on any atom is 0.307 e. The van der Waals surface area contributed by atoms with Gasteiger partial charge in [-0.2, -0.15) is 0 Å². The smallest absolute Gasteiger partial charge is 0.307 e. The zero-order chi connectivity index (χ0) is 15.2. The van der Waals surface area contributed by atoms with E-state index in [9.17, 15) is 9.59 Å². The number of nitrogens with zero attached hydrogens (tertiary/aromatic N) is 1. The number of benzene rings is 1. The van der Waals surface area contributed by atoms with Gasteiger partial charge in [-0.15, -0.1) is 6.58 Å². The monoisotopic (exact) mass is 289 g/mol. The third-order valence-corrected chi connectivity index (χ3v) is 3.37. The molecule has 0 spiro atoms. The quantitative estimate of drug-likeness (QED) is 0.619. The Bertz CT molecular complexity index is 541. The maximum absolute atomic E-state index is 12.4. The first-order valence-electron chi connectivity index (χ1n) is 7.03. The molecule has 0 radical (unpaired) electrons. The van der Waals surface area contributed by atoms with E-state index in [0.717, 1.165) is 19.3 Å². The molecule has 1 N–H and O–H groups in total. The van der Waals surface area contributed by atoms with Crippen LogP contribution in [0.4, 0.5) is 5.69 Å². The summed E-state index contributed by atoms with van der Waals surface area (Å²) in [7, 11) is 0. The highest BCUT2D eigenvalue weighted by atomic mass is 16.5. The van der Waals surface area contributed by atoms with E-state index in [1.165, 1.54) is 0 Å². The van der Waals surface area contributed by atoms with Crippen LogP contribution in [0.3, 0.4) is 0 Å². The number of hydrogen-bond acceptors (Lipinski definition) is 3. The molecule has 0 fully saturated rings. The van der Waals surface area contributed by atoms with Gasteiger partial charge in [-0.3, -0.25) is 9.59 Å². The standard InChI is InChI=1S/C16H19NO4/c1-2-3-4-7-10-17-12-8-5-6-9-13(12)21-14(16(17)20)11-15(18)19/h2,5-6,8-9,14H,1,3-4,7,10-11H2,(H,18,19). The summed E-state index contributed by atoms with van der Waals surface area (Å²) >= 11 is 0. The Morgan fingerprint density at radius 2 is 2.14 bits per heavy atom. The number of unbranched alkanes of at least 4 members (excludes halogenated alkanes) is 2. The second-order valence-electron chi connectivity index (χ2n) is 4.95. The lowest BCUT2D eigenvalue weighted by molar-refractivity contribution is -0.142. The van der Waals surface area contributed by atoms with Crippen LogP contribution in [-0.4, -0.2) is 29.6 Å². The first kappa shape index (κ1) is 15.1. The lowest BCUT2D eigenvalue weighted by Gasteiger charge is -2.33. The lowest BCUT2D eigenvalue weighted by Crippen LogP contribution is -2.47. The number of hydrogen-bond donors (Lipinski definition) is 1. The molecule has 2 rings (SSSR count). The molecule has 1 amide bonds. The van der Waals surface area contributed by atoms with Crippen molar-refractivity contribution in [3.63, 3.8) is 0 Å². The van der Waals surface area contributed by atoms with Crippen LogP contribution in [-0.2, 0) is 9.59 Å². The largest absolute Gasteiger partial charge is 0.481 e. The minimum absolute atomic E-state index is 0.283. The van der Waals surface area contributed by atoms with Crippen molar-refractivity contribution in [1.82, 2.24) is 0 Å². The highest BCUT2D eigenvalue weighted by Gasteiger charge is 2.35. The summed E-state index contributed by atoms with van der Waals surface area (Å²) in [5.74, 6) is -0.763. The minimum Gasteiger partial charge on any atom is -0.481 e. The summed E-state index contributed by atoms with van der Waals surface area (Å²) < 4.78 is 5.52. The van der Waals surface area contributed by atoms with Gasteiger partial charge in [0, 0.05) is 6.54 Å². The SMILES string of the molecule is C=CCCCCN1C(=O)C(CC(=O)O)Oc2ccccc21. The molecule has 0 aliphatic carbocycles. The number of carboxylic acid groups (broad SMARTS) is 1. The molecule has 1 unspecified atom stereocenters. The fourth-order valence-electron chi connectivity index (χ4n) is 2.35. The Hall–Kier alpha value is -2.30. The highest BCUT2D eigenvalue weighted by molar-refractivity contribution is 6.01. The summed E-state index contributed by atoms with van der Waals surface area (Å²) in [5.41, 5.74) is 0.711. The van der Waals surface area contributed by atoms with Gasteiger partial charge >= 0.3 is 5.97 Å². The first-order valence-corrected chi connectivity index (χ1v) is 7.03. The van der Waals surface area contributed by atoms with Crippen LogP contribution in [0.5, 0.6) is 5.75 Å². The van der Waals surface area contributed by atoms with Crippen molar-refractivity contribution in [2.24, 2.45) is 0 Å². The zero-order valence-corrected chi connectivity index (χ0v) is 11.8. The molecule has 1 aliphatic rings. The Labute approximate surface area is 123 Å². The molecular formula is C16H19NO4. The average Bonchev–Trinajstić information content (AvgIpc) is 2.46. The molecule has 112 valence electrons. The number of fused-ring (bicyclic) bond motifs is 1. The van der Waals surface area contributed by atoms with Crippen molar-refractivity contribution in [2.75, 3.05) is 11.4 Å². The fraction of sp³-hybridized carbons (Fsp3) is 0.375. The number of aliphatic carboxylic acids is 1. The molecule has 0 saturated heterocycles. The molecular weight excluding hydrogens is 270 g/mol. The molecule has 1 atom stereocenters. The molecule has 1 aromatic carbocycles. The van der Waals surface area contributed by atoms with Gasteiger partial charge in [0.05, 0.1) is 12.1 Å². The van der Waals surface area contributed by atoms with Crippen LogP contribution in [0.25, 0.3) is 0 Å². The van der Waals surface area contributed by atoms with Crippen molar-refractivity contribution < 1.29 is 19.4 Å². The summed E-state index contributed by atoms with van der Waals surface area (Å²) in [6, 6.07) is 7.22. The van der Waals surface area contributed by atoms with Crippen LogP contribution in [0.1, 0.15) is 25.7 Å². The number of ether oxygens (including phenoxy) is 1. The number of carbonyl (C=O) groups is 2. The van der Waals surface area contributed by atoms with Crippen molar-refractivity contribution >= 4 is 17.6 Å². The van der Waals surface area contributed by atoms with E-state index in [1.54, 1.807) is 11.0 Å². The molecule has 5 heteroatoms. The molecule has 1 aromatic rings. The van der Waals surface area contributed by atoms with Gasteiger partial charge in [0.15, 0.2) is 6.10 Å². The van der Waals surface area contributed by atoms with Crippen molar-refractivity contribution in [1.29, 1.82) is 0 Å². The third-order valence-electron chi connectivity index (χ3n) is 3.37. The topological polar surface area (TPSA) is 66.8 Å². The van der Waals surface area contributed by atoms with Gasteiger partial charge in [0.1, 0.15) is 5.75 Å². The average molecular weight is 289 g/mol. The normalized spacial score (nSPS) is 17.0. The maximum atomic E-state index is 12.4. The Kier molecular flexibility index (Phi) is 4.98. The van der Waals surface area contributed by atoms with Gasteiger partial charge in [0.25, 0.3) is 5.91 Å². The summed E-state index contributed by atoms with van der Waals surface area (Å²) in [4.78, 5) is 24.9. The second-order valence-corrected chi connectivity index (χ2v) is 4.95. The molecule has 21 heavy (non-hydrogen) atoms. The number of carbonyl (C=O) groups excluding carboxylic acids is 1. The predicted molar refractivity (Wildman–Crippen MR) is 79.5 cm³/mol. The number of carboxylic acids is 1. The van der Waals surface area contributed by atoms with Crippen molar-refractivity contribution in [3.8, 4) is 5.75 Å². The van der Waals surface area contributed by atoms with Gasteiger partial charge in [0.2, 0.25) is 0 Å². The number of para-hydroxylation sites is 2.